The number of rotatable bonds is 6. The molecule has 0 saturated carbocycles. The molecule has 66 heavy (non-hydrogen) atoms. The van der Waals surface area contributed by atoms with Gasteiger partial charge in [-0.1, -0.05) is 108 Å². The summed E-state index contributed by atoms with van der Waals surface area (Å²) in [6.45, 7) is 0. The molecule has 0 fully saturated rings. The van der Waals surface area contributed by atoms with Crippen molar-refractivity contribution in [3.05, 3.63) is 218 Å². The molecular formula is C57H36N6S3. The Bertz CT molecular complexity index is 2970. The van der Waals surface area contributed by atoms with Crippen molar-refractivity contribution in [3.8, 4) is 34.2 Å². The summed E-state index contributed by atoms with van der Waals surface area (Å²) in [5.74, 6) is 1.82. The van der Waals surface area contributed by atoms with E-state index in [1.807, 2.05) is 35.3 Å². The minimum Gasteiger partial charge on any atom is -0.308 e. The predicted octanol–water partition coefficient (Wildman–Crippen LogP) is 16.7. The lowest BCUT2D eigenvalue weighted by molar-refractivity contribution is 1.07. The van der Waals surface area contributed by atoms with Crippen LogP contribution in [0.3, 0.4) is 0 Å². The lowest BCUT2D eigenvalue weighted by Crippen LogP contribution is -2.14. The van der Waals surface area contributed by atoms with Crippen LogP contribution in [-0.4, -0.2) is 15.0 Å². The quantitative estimate of drug-likeness (QED) is 0.162. The molecule has 13 rings (SSSR count). The summed E-state index contributed by atoms with van der Waals surface area (Å²) >= 11 is 5.43. The first-order valence-electron chi connectivity index (χ1n) is 21.8. The van der Waals surface area contributed by atoms with Crippen molar-refractivity contribution in [1.29, 1.82) is 0 Å². The first-order valence-corrected chi connectivity index (χ1v) is 24.2. The highest BCUT2D eigenvalue weighted by Crippen LogP contribution is 2.54. The van der Waals surface area contributed by atoms with Crippen molar-refractivity contribution >= 4 is 86.5 Å². The minimum absolute atomic E-state index is 0.608. The SMILES string of the molecule is c1ccc2c(c1)Sc1ccccc1N2c1ccc(-c2nc(-c3ccc(N4c5ccccc5Sc5ccccc54)cc3)nc(-c3ccc(N4c5ccccc5Sc5ccccc54)cc3)n2)cc1. The van der Waals surface area contributed by atoms with Gasteiger partial charge in [-0.15, -0.1) is 0 Å². The highest BCUT2D eigenvalue weighted by molar-refractivity contribution is 8.00. The molecule has 0 aliphatic carbocycles. The summed E-state index contributed by atoms with van der Waals surface area (Å²) in [4.78, 5) is 30.0. The van der Waals surface area contributed by atoms with E-state index in [-0.39, 0.29) is 0 Å². The molecule has 0 atom stereocenters. The molecule has 9 heteroatoms. The number of fused-ring (bicyclic) bond motifs is 6. The summed E-state index contributed by atoms with van der Waals surface area (Å²) < 4.78 is 0. The van der Waals surface area contributed by atoms with E-state index in [1.165, 1.54) is 29.4 Å². The molecule has 4 heterocycles. The molecule has 6 nitrogen and oxygen atoms in total. The second kappa shape index (κ2) is 16.2. The van der Waals surface area contributed by atoms with Gasteiger partial charge in [0, 0.05) is 63.1 Å². The molecule has 0 saturated heterocycles. The van der Waals surface area contributed by atoms with E-state index in [1.54, 1.807) is 0 Å². The van der Waals surface area contributed by atoms with Gasteiger partial charge in [-0.2, -0.15) is 0 Å². The minimum atomic E-state index is 0.608. The van der Waals surface area contributed by atoms with E-state index < -0.39 is 0 Å². The van der Waals surface area contributed by atoms with Gasteiger partial charge in [0.15, 0.2) is 17.5 Å². The number of hydrogen-bond donors (Lipinski definition) is 0. The normalized spacial score (nSPS) is 13.2. The zero-order valence-corrected chi connectivity index (χ0v) is 37.6. The van der Waals surface area contributed by atoms with E-state index >= 15 is 0 Å². The number of aromatic nitrogens is 3. The monoisotopic (exact) mass is 900 g/mol. The molecule has 0 spiro atoms. The van der Waals surface area contributed by atoms with Gasteiger partial charge < -0.3 is 14.7 Å². The lowest BCUT2D eigenvalue weighted by atomic mass is 10.1. The average molecular weight is 901 g/mol. The molecular weight excluding hydrogens is 865 g/mol. The Morgan fingerprint density at radius 1 is 0.227 bits per heavy atom. The molecule has 312 valence electrons. The molecule has 3 aliphatic heterocycles. The Hall–Kier alpha value is -7.56. The highest BCUT2D eigenvalue weighted by Gasteiger charge is 2.28. The van der Waals surface area contributed by atoms with Gasteiger partial charge in [-0.05, 0) is 146 Å². The van der Waals surface area contributed by atoms with Crippen molar-refractivity contribution in [3.63, 3.8) is 0 Å². The molecule has 9 aromatic carbocycles. The number of nitrogens with zero attached hydrogens (tertiary/aromatic N) is 6. The number of para-hydroxylation sites is 6. The first-order chi connectivity index (χ1) is 32.7. The van der Waals surface area contributed by atoms with Crippen LogP contribution < -0.4 is 14.7 Å². The van der Waals surface area contributed by atoms with Crippen LogP contribution in [0.5, 0.6) is 0 Å². The fraction of sp³-hybridized carbons (Fsp3) is 0. The second-order valence-corrected chi connectivity index (χ2v) is 19.3. The van der Waals surface area contributed by atoms with Crippen LogP contribution in [0.1, 0.15) is 0 Å². The maximum Gasteiger partial charge on any atom is 0.164 e. The Morgan fingerprint density at radius 3 is 0.636 bits per heavy atom. The third-order valence-electron chi connectivity index (χ3n) is 12.1. The summed E-state index contributed by atoms with van der Waals surface area (Å²) in [5.41, 5.74) is 12.9. The first kappa shape index (κ1) is 38.9. The van der Waals surface area contributed by atoms with Gasteiger partial charge in [0.2, 0.25) is 0 Å². The van der Waals surface area contributed by atoms with Crippen molar-refractivity contribution in [2.45, 2.75) is 29.4 Å². The van der Waals surface area contributed by atoms with Gasteiger partial charge in [-0.3, -0.25) is 0 Å². The lowest BCUT2D eigenvalue weighted by Gasteiger charge is -2.33. The summed E-state index contributed by atoms with van der Waals surface area (Å²) in [6, 6.07) is 77.4. The van der Waals surface area contributed by atoms with E-state index in [0.29, 0.717) is 17.5 Å². The average Bonchev–Trinajstić information content (AvgIpc) is 3.39. The van der Waals surface area contributed by atoms with Crippen LogP contribution in [0.2, 0.25) is 0 Å². The Morgan fingerprint density at radius 2 is 0.424 bits per heavy atom. The fourth-order valence-electron chi connectivity index (χ4n) is 8.99. The topological polar surface area (TPSA) is 48.4 Å². The van der Waals surface area contributed by atoms with Crippen LogP contribution in [0, 0.1) is 0 Å². The molecule has 0 N–H and O–H groups in total. The van der Waals surface area contributed by atoms with Crippen molar-refractivity contribution in [2.75, 3.05) is 14.7 Å². The molecule has 1 aromatic heterocycles. The van der Waals surface area contributed by atoms with Crippen LogP contribution in [0.25, 0.3) is 34.2 Å². The van der Waals surface area contributed by atoms with Crippen molar-refractivity contribution in [2.24, 2.45) is 0 Å². The Balaban J connectivity index is 0.901. The van der Waals surface area contributed by atoms with Crippen molar-refractivity contribution < 1.29 is 0 Å². The van der Waals surface area contributed by atoms with Gasteiger partial charge in [0.25, 0.3) is 0 Å². The van der Waals surface area contributed by atoms with Crippen LogP contribution in [0.4, 0.5) is 51.2 Å². The van der Waals surface area contributed by atoms with Crippen LogP contribution in [-0.2, 0) is 0 Å². The number of hydrogen-bond acceptors (Lipinski definition) is 9. The summed E-state index contributed by atoms with van der Waals surface area (Å²) in [6.07, 6.45) is 0. The van der Waals surface area contributed by atoms with Gasteiger partial charge in [0.1, 0.15) is 0 Å². The molecule has 3 aliphatic rings. The van der Waals surface area contributed by atoms with E-state index in [0.717, 1.165) is 67.9 Å². The van der Waals surface area contributed by atoms with E-state index in [4.69, 9.17) is 15.0 Å². The molecule has 0 bridgehead atoms. The molecule has 0 radical (unpaired) electrons. The smallest absolute Gasteiger partial charge is 0.164 e. The summed E-state index contributed by atoms with van der Waals surface area (Å²) in [7, 11) is 0. The third kappa shape index (κ3) is 6.74. The maximum atomic E-state index is 5.20. The van der Waals surface area contributed by atoms with Crippen LogP contribution >= 0.6 is 35.3 Å². The standard InChI is InChI=1S/C57H36N6S3/c1-7-19-49-43(13-1)61(44-14-2-8-20-50(44)64-49)40-31-25-37(26-32-40)55-58-56(38-27-33-41(34-28-38)62-45-15-3-9-21-51(45)65-52-22-10-4-16-46(52)62)60-57(59-55)39-29-35-42(36-30-39)63-47-17-5-11-23-53(47)66-54-24-12-6-18-48(54)63/h1-36H. The van der Waals surface area contributed by atoms with Crippen LogP contribution in [0.15, 0.2) is 248 Å². The van der Waals surface area contributed by atoms with Gasteiger partial charge in [0.05, 0.1) is 34.1 Å². The second-order valence-electron chi connectivity index (χ2n) is 16.1. The Labute approximate surface area is 395 Å². The molecule has 0 unspecified atom stereocenters. The summed E-state index contributed by atoms with van der Waals surface area (Å²) in [5, 5.41) is 0. The van der Waals surface area contributed by atoms with E-state index in [2.05, 4.69) is 233 Å². The number of anilines is 9. The predicted molar refractivity (Wildman–Crippen MR) is 273 cm³/mol. The highest BCUT2D eigenvalue weighted by atomic mass is 32.2. The van der Waals surface area contributed by atoms with Crippen molar-refractivity contribution in [1.82, 2.24) is 15.0 Å². The Kier molecular flexibility index (Phi) is 9.51. The third-order valence-corrected chi connectivity index (χ3v) is 15.5. The van der Waals surface area contributed by atoms with E-state index in [9.17, 15) is 0 Å². The van der Waals surface area contributed by atoms with Gasteiger partial charge in [-0.25, -0.2) is 15.0 Å². The largest absolute Gasteiger partial charge is 0.308 e. The van der Waals surface area contributed by atoms with Gasteiger partial charge >= 0.3 is 0 Å². The molecule has 0 amide bonds. The zero-order chi connectivity index (χ0) is 43.6. The maximum absolute atomic E-state index is 5.20. The molecule has 10 aromatic rings. The zero-order valence-electron chi connectivity index (χ0n) is 35.2. The fourth-order valence-corrected chi connectivity index (χ4v) is 12.2. The number of benzene rings is 9.